The molecule has 134 valence electrons. The van der Waals surface area contributed by atoms with Gasteiger partial charge in [-0.1, -0.05) is 12.1 Å². The molecule has 1 aromatic carbocycles. The van der Waals surface area contributed by atoms with Gasteiger partial charge < -0.3 is 5.73 Å². The van der Waals surface area contributed by atoms with Crippen LogP contribution in [0.4, 0.5) is 5.82 Å². The number of nitrogens with two attached hydrogens (primary N) is 1. The van der Waals surface area contributed by atoms with Gasteiger partial charge in [-0.2, -0.15) is 4.31 Å². The first kappa shape index (κ1) is 16.7. The number of sulfonamides is 1. The molecule has 1 atom stereocenters. The lowest BCUT2D eigenvalue weighted by Gasteiger charge is -2.36. The van der Waals surface area contributed by atoms with Crippen molar-refractivity contribution in [3.8, 4) is 0 Å². The number of fused-ring (bicyclic) bond motifs is 1. The molecule has 25 heavy (non-hydrogen) atoms. The van der Waals surface area contributed by atoms with E-state index < -0.39 is 10.0 Å². The fourth-order valence-corrected chi connectivity index (χ4v) is 5.66. The van der Waals surface area contributed by atoms with E-state index in [1.165, 1.54) is 0 Å². The molecule has 0 saturated carbocycles. The molecule has 2 saturated heterocycles. The van der Waals surface area contributed by atoms with Gasteiger partial charge in [0.1, 0.15) is 11.6 Å². The molecule has 0 radical (unpaired) electrons. The zero-order valence-electron chi connectivity index (χ0n) is 14.1. The zero-order chi connectivity index (χ0) is 17.4. The normalized spacial score (nSPS) is 24.7. The van der Waals surface area contributed by atoms with Crippen molar-refractivity contribution in [2.45, 2.75) is 31.8 Å². The van der Waals surface area contributed by atoms with Gasteiger partial charge in [0.2, 0.25) is 10.0 Å². The molecule has 0 aliphatic carbocycles. The van der Waals surface area contributed by atoms with Crippen molar-refractivity contribution in [2.75, 3.05) is 31.1 Å². The van der Waals surface area contributed by atoms with Crippen molar-refractivity contribution < 1.29 is 8.42 Å². The Hall–Kier alpha value is -1.77. The predicted molar refractivity (Wildman–Crippen MR) is 97.4 cm³/mol. The molecule has 2 fully saturated rings. The van der Waals surface area contributed by atoms with Gasteiger partial charge in [0.15, 0.2) is 0 Å². The summed E-state index contributed by atoms with van der Waals surface area (Å²) in [5, 5.41) is 0.867. The second-order valence-electron chi connectivity index (χ2n) is 6.85. The third-order valence-electron chi connectivity index (χ3n) is 5.07. The molecule has 0 spiro atoms. The topological polar surface area (TPSA) is 92.4 Å². The number of aromatic nitrogens is 2. The van der Waals surface area contributed by atoms with Crippen molar-refractivity contribution in [3.05, 3.63) is 30.1 Å². The number of nitrogens with zero attached hydrogens (tertiary/aromatic N) is 4. The van der Waals surface area contributed by atoms with Crippen LogP contribution in [0.5, 0.6) is 0 Å². The number of hydrogen-bond acceptors (Lipinski definition) is 6. The van der Waals surface area contributed by atoms with Crippen LogP contribution in [0.3, 0.4) is 0 Å². The summed E-state index contributed by atoms with van der Waals surface area (Å²) in [4.78, 5) is 11.3. The highest BCUT2D eigenvalue weighted by Gasteiger charge is 2.36. The minimum Gasteiger partial charge on any atom is -0.383 e. The molecule has 2 N–H and O–H groups in total. The van der Waals surface area contributed by atoms with Crippen molar-refractivity contribution in [2.24, 2.45) is 0 Å². The molecule has 2 aliphatic rings. The third kappa shape index (κ3) is 3.33. The van der Waals surface area contributed by atoms with E-state index in [1.807, 2.05) is 24.3 Å². The average Bonchev–Trinajstić information content (AvgIpc) is 2.94. The number of para-hydroxylation sites is 1. The van der Waals surface area contributed by atoms with Crippen LogP contribution in [0, 0.1) is 0 Å². The summed E-state index contributed by atoms with van der Waals surface area (Å²) in [6.07, 6.45) is 2.65. The van der Waals surface area contributed by atoms with Crippen LogP contribution in [0.15, 0.2) is 24.3 Å². The number of benzene rings is 1. The molecule has 0 amide bonds. The minimum absolute atomic E-state index is 0.0686. The maximum atomic E-state index is 12.2. The Balaban J connectivity index is 1.51. The summed E-state index contributed by atoms with van der Waals surface area (Å²) >= 11 is 0. The Labute approximate surface area is 147 Å². The van der Waals surface area contributed by atoms with Crippen LogP contribution < -0.4 is 5.73 Å². The van der Waals surface area contributed by atoms with Crippen molar-refractivity contribution >= 4 is 26.7 Å². The Kier molecular flexibility index (Phi) is 4.35. The van der Waals surface area contributed by atoms with Gasteiger partial charge in [-0.3, -0.25) is 4.90 Å². The predicted octanol–water partition coefficient (Wildman–Crippen LogP) is 1.21. The van der Waals surface area contributed by atoms with Gasteiger partial charge in [0, 0.05) is 24.5 Å². The SMILES string of the molecule is Nc1nc(CN2CCCC(N3CCCS3(=O)=O)C2)nc2ccccc12. The lowest BCUT2D eigenvalue weighted by molar-refractivity contribution is 0.144. The third-order valence-corrected chi connectivity index (χ3v) is 7.07. The van der Waals surface area contributed by atoms with Crippen molar-refractivity contribution in [3.63, 3.8) is 0 Å². The average molecular weight is 361 g/mol. The molecule has 2 aromatic rings. The summed E-state index contributed by atoms with van der Waals surface area (Å²) in [6, 6.07) is 7.79. The lowest BCUT2D eigenvalue weighted by atomic mass is 10.1. The first-order valence-electron chi connectivity index (χ1n) is 8.76. The van der Waals surface area contributed by atoms with E-state index in [9.17, 15) is 8.42 Å². The van der Waals surface area contributed by atoms with Crippen molar-refractivity contribution in [1.29, 1.82) is 0 Å². The van der Waals surface area contributed by atoms with Gasteiger partial charge in [-0.15, -0.1) is 0 Å². The van der Waals surface area contributed by atoms with Crippen LogP contribution in [-0.4, -0.2) is 59.0 Å². The number of nitrogen functional groups attached to an aromatic ring is 1. The summed E-state index contributed by atoms with van der Waals surface area (Å²) in [6.45, 7) is 2.91. The minimum atomic E-state index is -3.06. The van der Waals surface area contributed by atoms with Gasteiger partial charge in [-0.25, -0.2) is 18.4 Å². The fraction of sp³-hybridized carbons (Fsp3) is 0.529. The van der Waals surface area contributed by atoms with E-state index in [2.05, 4.69) is 14.9 Å². The summed E-state index contributed by atoms with van der Waals surface area (Å²) < 4.78 is 26.1. The number of hydrogen-bond donors (Lipinski definition) is 1. The second kappa shape index (κ2) is 6.51. The van der Waals surface area contributed by atoms with E-state index in [0.717, 1.165) is 43.3 Å². The Bertz CT molecular complexity index is 886. The zero-order valence-corrected chi connectivity index (χ0v) is 15.0. The molecule has 2 aliphatic heterocycles. The summed E-state index contributed by atoms with van der Waals surface area (Å²) in [7, 11) is -3.06. The molecule has 3 heterocycles. The Morgan fingerprint density at radius 2 is 2.00 bits per heavy atom. The van der Waals surface area contributed by atoms with Crippen LogP contribution in [0.1, 0.15) is 25.1 Å². The first-order valence-corrected chi connectivity index (χ1v) is 10.4. The highest BCUT2D eigenvalue weighted by Crippen LogP contribution is 2.25. The van der Waals surface area contributed by atoms with Gasteiger partial charge >= 0.3 is 0 Å². The van der Waals surface area contributed by atoms with E-state index >= 15 is 0 Å². The van der Waals surface area contributed by atoms with E-state index in [1.54, 1.807) is 4.31 Å². The molecule has 1 aromatic heterocycles. The number of rotatable bonds is 3. The van der Waals surface area contributed by atoms with E-state index in [-0.39, 0.29) is 11.8 Å². The fourth-order valence-electron chi connectivity index (χ4n) is 3.90. The van der Waals surface area contributed by atoms with Gasteiger partial charge in [0.05, 0.1) is 17.8 Å². The quantitative estimate of drug-likeness (QED) is 0.883. The van der Waals surface area contributed by atoms with Gasteiger partial charge in [0.25, 0.3) is 0 Å². The van der Waals surface area contributed by atoms with E-state index in [4.69, 9.17) is 5.73 Å². The molecule has 7 nitrogen and oxygen atoms in total. The molecular weight excluding hydrogens is 338 g/mol. The second-order valence-corrected chi connectivity index (χ2v) is 8.89. The Morgan fingerprint density at radius 1 is 1.16 bits per heavy atom. The molecular formula is C17H23N5O2S. The summed E-state index contributed by atoms with van der Waals surface area (Å²) in [5.74, 6) is 1.48. The molecule has 8 heteroatoms. The molecule has 4 rings (SSSR count). The van der Waals surface area contributed by atoms with Gasteiger partial charge in [-0.05, 0) is 37.9 Å². The number of anilines is 1. The first-order chi connectivity index (χ1) is 12.0. The monoisotopic (exact) mass is 361 g/mol. The number of piperidine rings is 1. The van der Waals surface area contributed by atoms with Crippen molar-refractivity contribution in [1.82, 2.24) is 19.2 Å². The van der Waals surface area contributed by atoms with Crippen LogP contribution >= 0.6 is 0 Å². The van der Waals surface area contributed by atoms with E-state index in [0.29, 0.717) is 24.7 Å². The smallest absolute Gasteiger partial charge is 0.214 e. The van der Waals surface area contributed by atoms with Crippen LogP contribution in [0.25, 0.3) is 10.9 Å². The standard InChI is InChI=1S/C17H23N5O2S/c18-17-14-6-1-2-7-15(14)19-16(20-17)12-21-8-3-5-13(11-21)22-9-4-10-25(22,23)24/h1-2,6-7,13H,3-5,8-12H2,(H2,18,19,20). The molecule has 1 unspecified atom stereocenters. The lowest BCUT2D eigenvalue weighted by Crippen LogP contribution is -2.48. The molecule has 0 bridgehead atoms. The number of likely N-dealkylation sites (tertiary alicyclic amines) is 1. The van der Waals surface area contributed by atoms with Crippen LogP contribution in [-0.2, 0) is 16.6 Å². The highest BCUT2D eigenvalue weighted by molar-refractivity contribution is 7.89. The summed E-state index contributed by atoms with van der Waals surface area (Å²) in [5.41, 5.74) is 6.92. The largest absolute Gasteiger partial charge is 0.383 e. The van der Waals surface area contributed by atoms with Crippen LogP contribution in [0.2, 0.25) is 0 Å². The Morgan fingerprint density at radius 3 is 2.80 bits per heavy atom. The maximum absolute atomic E-state index is 12.2. The maximum Gasteiger partial charge on any atom is 0.214 e. The highest BCUT2D eigenvalue weighted by atomic mass is 32.2.